The van der Waals surface area contributed by atoms with Gasteiger partial charge in [-0.05, 0) is 38.5 Å². The first-order valence-corrected chi connectivity index (χ1v) is 8.04. The highest BCUT2D eigenvalue weighted by atomic mass is 16.5. The lowest BCUT2D eigenvalue weighted by Crippen LogP contribution is -2.52. The summed E-state index contributed by atoms with van der Waals surface area (Å²) >= 11 is 0. The summed E-state index contributed by atoms with van der Waals surface area (Å²) in [7, 11) is 0. The molecule has 0 aliphatic carbocycles. The van der Waals surface area contributed by atoms with E-state index in [4.69, 9.17) is 9.47 Å². The highest BCUT2D eigenvalue weighted by Gasteiger charge is 2.43. The summed E-state index contributed by atoms with van der Waals surface area (Å²) < 4.78 is 11.2. The van der Waals surface area contributed by atoms with Crippen LogP contribution in [0, 0.1) is 16.7 Å². The zero-order valence-corrected chi connectivity index (χ0v) is 13.1. The average Bonchev–Trinajstić information content (AvgIpc) is 2.55. The molecule has 5 heteroatoms. The number of rotatable bonds is 4. The van der Waals surface area contributed by atoms with Crippen molar-refractivity contribution in [2.45, 2.75) is 64.0 Å². The minimum atomic E-state index is -0.905. The molecule has 1 N–H and O–H groups in total. The number of nitrogens with one attached hydrogen (secondary N) is 1. The molecule has 0 radical (unpaired) electrons. The van der Waals surface area contributed by atoms with Gasteiger partial charge in [-0.1, -0.05) is 13.8 Å². The van der Waals surface area contributed by atoms with Crippen LogP contribution in [-0.4, -0.2) is 37.4 Å². The van der Waals surface area contributed by atoms with Crippen LogP contribution in [0.25, 0.3) is 0 Å². The number of carbonyl (C=O) groups excluding carboxylic acids is 1. The van der Waals surface area contributed by atoms with Crippen molar-refractivity contribution >= 4 is 5.91 Å². The molecule has 2 aliphatic rings. The fourth-order valence-electron chi connectivity index (χ4n) is 3.33. The van der Waals surface area contributed by atoms with Crippen LogP contribution in [0.1, 0.15) is 52.4 Å². The van der Waals surface area contributed by atoms with Crippen LogP contribution < -0.4 is 5.32 Å². The molecule has 2 saturated heterocycles. The number of hydrogen-bond donors (Lipinski definition) is 1. The number of amides is 1. The molecule has 0 saturated carbocycles. The Morgan fingerprint density at radius 3 is 2.52 bits per heavy atom. The van der Waals surface area contributed by atoms with Crippen LogP contribution in [0.5, 0.6) is 0 Å². The Balaban J connectivity index is 2.00. The first kappa shape index (κ1) is 16.3. The summed E-state index contributed by atoms with van der Waals surface area (Å²) in [5.41, 5.74) is -1.02. The van der Waals surface area contributed by atoms with Crippen molar-refractivity contribution in [2.75, 3.05) is 19.8 Å². The lowest BCUT2D eigenvalue weighted by atomic mass is 9.79. The summed E-state index contributed by atoms with van der Waals surface area (Å²) in [5, 5.41) is 12.6. The average molecular weight is 294 g/mol. The quantitative estimate of drug-likeness (QED) is 0.862. The Labute approximate surface area is 127 Å². The van der Waals surface area contributed by atoms with Crippen molar-refractivity contribution in [3.8, 4) is 6.07 Å². The Kier molecular flexibility index (Phi) is 5.23. The zero-order chi connectivity index (χ0) is 15.3. The lowest BCUT2D eigenvalue weighted by Gasteiger charge is -2.41. The second-order valence-corrected chi connectivity index (χ2v) is 6.21. The molecule has 0 aromatic carbocycles. The van der Waals surface area contributed by atoms with E-state index in [1.165, 1.54) is 0 Å². The molecule has 2 aliphatic heterocycles. The minimum absolute atomic E-state index is 0.110. The standard InChI is InChI=1S/C16H26N2O3/c1-3-16(4-2)11-13(5-8-21-16)18-14(19)15(12-17)6-9-20-10-7-15/h13H,3-11H2,1-2H3,(H,18,19). The molecule has 1 amide bonds. The highest BCUT2D eigenvalue weighted by Crippen LogP contribution is 2.34. The van der Waals surface area contributed by atoms with Crippen molar-refractivity contribution in [1.82, 2.24) is 5.32 Å². The molecule has 1 unspecified atom stereocenters. The van der Waals surface area contributed by atoms with Gasteiger partial charge in [0, 0.05) is 25.9 Å². The van der Waals surface area contributed by atoms with E-state index >= 15 is 0 Å². The molecule has 2 rings (SSSR count). The van der Waals surface area contributed by atoms with E-state index in [0.29, 0.717) is 32.7 Å². The Morgan fingerprint density at radius 2 is 1.95 bits per heavy atom. The molecule has 5 nitrogen and oxygen atoms in total. The topological polar surface area (TPSA) is 71.4 Å². The molecular weight excluding hydrogens is 268 g/mol. The molecule has 2 fully saturated rings. The van der Waals surface area contributed by atoms with E-state index in [0.717, 1.165) is 25.7 Å². The first-order chi connectivity index (χ1) is 10.1. The van der Waals surface area contributed by atoms with E-state index in [2.05, 4.69) is 25.2 Å². The number of hydrogen-bond acceptors (Lipinski definition) is 4. The monoisotopic (exact) mass is 294 g/mol. The molecule has 118 valence electrons. The summed E-state index contributed by atoms with van der Waals surface area (Å²) in [6.07, 6.45) is 4.55. The van der Waals surface area contributed by atoms with Gasteiger partial charge in [-0.2, -0.15) is 5.26 Å². The maximum absolute atomic E-state index is 12.6. The zero-order valence-electron chi connectivity index (χ0n) is 13.1. The van der Waals surface area contributed by atoms with Gasteiger partial charge in [0.1, 0.15) is 5.41 Å². The van der Waals surface area contributed by atoms with Gasteiger partial charge in [0.05, 0.1) is 11.7 Å². The van der Waals surface area contributed by atoms with Crippen molar-refractivity contribution < 1.29 is 14.3 Å². The summed E-state index contributed by atoms with van der Waals surface area (Å²) in [5.74, 6) is -0.124. The number of nitrogens with zero attached hydrogens (tertiary/aromatic N) is 1. The normalized spacial score (nSPS) is 27.6. The van der Waals surface area contributed by atoms with Gasteiger partial charge < -0.3 is 14.8 Å². The van der Waals surface area contributed by atoms with Gasteiger partial charge in [0.15, 0.2) is 0 Å². The molecule has 0 aromatic rings. The van der Waals surface area contributed by atoms with Crippen molar-refractivity contribution in [2.24, 2.45) is 5.41 Å². The van der Waals surface area contributed by atoms with Gasteiger partial charge in [-0.15, -0.1) is 0 Å². The molecule has 0 spiro atoms. The minimum Gasteiger partial charge on any atom is -0.381 e. The summed E-state index contributed by atoms with van der Waals surface area (Å²) in [6, 6.07) is 2.34. The van der Waals surface area contributed by atoms with Crippen molar-refractivity contribution in [3.05, 3.63) is 0 Å². The third kappa shape index (κ3) is 3.38. The highest BCUT2D eigenvalue weighted by molar-refractivity contribution is 5.85. The van der Waals surface area contributed by atoms with E-state index in [9.17, 15) is 10.1 Å². The van der Waals surface area contributed by atoms with E-state index in [1.54, 1.807) is 0 Å². The van der Waals surface area contributed by atoms with Crippen LogP contribution in [0.15, 0.2) is 0 Å². The SMILES string of the molecule is CCC1(CC)CC(NC(=O)C2(C#N)CCOCC2)CCO1. The Morgan fingerprint density at radius 1 is 1.29 bits per heavy atom. The van der Waals surface area contributed by atoms with Gasteiger partial charge >= 0.3 is 0 Å². The van der Waals surface area contributed by atoms with Crippen molar-refractivity contribution in [3.63, 3.8) is 0 Å². The number of carbonyl (C=O) groups is 1. The van der Waals surface area contributed by atoms with Crippen molar-refractivity contribution in [1.29, 1.82) is 5.26 Å². The molecular formula is C16H26N2O3. The Hall–Kier alpha value is -1.12. The summed E-state index contributed by atoms with van der Waals surface area (Å²) in [6.45, 7) is 5.91. The Bertz CT molecular complexity index is 406. The molecule has 0 aromatic heterocycles. The van der Waals surface area contributed by atoms with Crippen LogP contribution in [0.4, 0.5) is 0 Å². The van der Waals surface area contributed by atoms with Gasteiger partial charge in [-0.3, -0.25) is 4.79 Å². The van der Waals surface area contributed by atoms with E-state index in [-0.39, 0.29) is 17.6 Å². The van der Waals surface area contributed by atoms with Crippen LogP contribution in [0.3, 0.4) is 0 Å². The fraction of sp³-hybridized carbons (Fsp3) is 0.875. The first-order valence-electron chi connectivity index (χ1n) is 8.04. The molecule has 1 atom stereocenters. The fourth-order valence-corrected chi connectivity index (χ4v) is 3.33. The second-order valence-electron chi connectivity index (χ2n) is 6.21. The largest absolute Gasteiger partial charge is 0.381 e. The third-order valence-corrected chi connectivity index (χ3v) is 5.11. The smallest absolute Gasteiger partial charge is 0.240 e. The van der Waals surface area contributed by atoms with Gasteiger partial charge in [0.2, 0.25) is 5.91 Å². The van der Waals surface area contributed by atoms with Crippen LogP contribution in [0.2, 0.25) is 0 Å². The molecule has 21 heavy (non-hydrogen) atoms. The molecule has 2 heterocycles. The molecule has 0 bridgehead atoms. The van der Waals surface area contributed by atoms with Crippen LogP contribution in [-0.2, 0) is 14.3 Å². The predicted molar refractivity (Wildman–Crippen MR) is 78.5 cm³/mol. The van der Waals surface area contributed by atoms with Gasteiger partial charge in [-0.25, -0.2) is 0 Å². The lowest BCUT2D eigenvalue weighted by molar-refractivity contribution is -0.136. The van der Waals surface area contributed by atoms with Gasteiger partial charge in [0.25, 0.3) is 0 Å². The van der Waals surface area contributed by atoms with Crippen LogP contribution >= 0.6 is 0 Å². The maximum atomic E-state index is 12.6. The number of nitriles is 1. The summed E-state index contributed by atoms with van der Waals surface area (Å²) in [4.78, 5) is 12.6. The predicted octanol–water partition coefficient (Wildman–Crippen LogP) is 2.16. The van der Waals surface area contributed by atoms with E-state index in [1.807, 2.05) is 0 Å². The maximum Gasteiger partial charge on any atom is 0.240 e. The second kappa shape index (κ2) is 6.76. The third-order valence-electron chi connectivity index (χ3n) is 5.11. The van der Waals surface area contributed by atoms with E-state index < -0.39 is 5.41 Å². The number of ether oxygens (including phenoxy) is 2.